The minimum Gasteiger partial charge on any atom is -0.481 e. The molecule has 0 aliphatic heterocycles. The van der Waals surface area contributed by atoms with Crippen molar-refractivity contribution in [2.75, 3.05) is 0 Å². The van der Waals surface area contributed by atoms with Gasteiger partial charge in [0.25, 0.3) is 0 Å². The smallest absolute Gasteiger partial charge is 0.311 e. The molecule has 0 aromatic carbocycles. The lowest BCUT2D eigenvalue weighted by Gasteiger charge is -2.07. The summed E-state index contributed by atoms with van der Waals surface area (Å²) in [4.78, 5) is 27.3. The third-order valence-corrected chi connectivity index (χ3v) is 3.82. The zero-order valence-electron chi connectivity index (χ0n) is 12.3. The van der Waals surface area contributed by atoms with Crippen LogP contribution in [0, 0.1) is 0 Å². The van der Waals surface area contributed by atoms with Gasteiger partial charge < -0.3 is 15.5 Å². The topological polar surface area (TPSA) is 128 Å². The van der Waals surface area contributed by atoms with Crippen LogP contribution >= 0.6 is 11.3 Å². The summed E-state index contributed by atoms with van der Waals surface area (Å²) >= 11 is 1.43. The number of rotatable bonds is 7. The first kappa shape index (κ1) is 16.8. The average molecular weight is 336 g/mol. The monoisotopic (exact) mass is 336 g/mol. The second-order valence-electron chi connectivity index (χ2n) is 4.79. The quantitative estimate of drug-likeness (QED) is 0.556. The van der Waals surface area contributed by atoms with E-state index in [1.165, 1.54) is 17.4 Å². The molecule has 23 heavy (non-hydrogen) atoms. The Morgan fingerprint density at radius 1 is 1.52 bits per heavy atom. The van der Waals surface area contributed by atoms with Gasteiger partial charge in [-0.2, -0.15) is 5.10 Å². The number of carboxylic acid groups (broad SMARTS) is 1. The number of hydrogen-bond donors (Lipinski definition) is 4. The first-order chi connectivity index (χ1) is 11.0. The van der Waals surface area contributed by atoms with Gasteiger partial charge in [0.15, 0.2) is 5.82 Å². The maximum atomic E-state index is 11.9. The number of H-pyrrole nitrogens is 1. The Bertz CT molecular complexity index is 722. The molecular formula is C14H16N4O4S. The molecule has 122 valence electrons. The van der Waals surface area contributed by atoms with Gasteiger partial charge in [-0.25, -0.2) is 4.98 Å². The van der Waals surface area contributed by atoms with Crippen LogP contribution in [-0.2, 0) is 22.6 Å². The summed E-state index contributed by atoms with van der Waals surface area (Å²) in [5.41, 5.74) is 0.801. The fourth-order valence-corrected chi connectivity index (χ4v) is 2.57. The van der Waals surface area contributed by atoms with Gasteiger partial charge in [-0.05, 0) is 30.0 Å². The highest BCUT2D eigenvalue weighted by Gasteiger charge is 2.14. The average Bonchev–Trinajstić information content (AvgIpc) is 3.13. The van der Waals surface area contributed by atoms with Gasteiger partial charge in [-0.15, -0.1) is 11.3 Å². The van der Waals surface area contributed by atoms with E-state index in [9.17, 15) is 9.59 Å². The van der Waals surface area contributed by atoms with Crippen LogP contribution in [0.3, 0.4) is 0 Å². The van der Waals surface area contributed by atoms with Crippen molar-refractivity contribution >= 4 is 29.3 Å². The molecule has 2 aromatic rings. The van der Waals surface area contributed by atoms with Crippen molar-refractivity contribution in [3.63, 3.8) is 0 Å². The van der Waals surface area contributed by atoms with E-state index in [0.717, 1.165) is 10.4 Å². The maximum absolute atomic E-state index is 11.9. The molecule has 1 amide bonds. The minimum atomic E-state index is -1.01. The lowest BCUT2D eigenvalue weighted by Crippen LogP contribution is -2.25. The third-order valence-electron chi connectivity index (χ3n) is 2.87. The summed E-state index contributed by atoms with van der Waals surface area (Å²) in [7, 11) is 0. The van der Waals surface area contributed by atoms with Crippen molar-refractivity contribution in [2.45, 2.75) is 26.0 Å². The van der Waals surface area contributed by atoms with Crippen molar-refractivity contribution in [1.82, 2.24) is 20.5 Å². The van der Waals surface area contributed by atoms with Gasteiger partial charge in [-0.1, -0.05) is 0 Å². The number of aromatic nitrogens is 3. The molecule has 8 nitrogen and oxygen atoms in total. The Morgan fingerprint density at radius 2 is 2.30 bits per heavy atom. The first-order valence-electron chi connectivity index (χ1n) is 6.77. The molecular weight excluding hydrogens is 320 g/mol. The van der Waals surface area contributed by atoms with Crippen LogP contribution < -0.4 is 5.32 Å². The van der Waals surface area contributed by atoms with E-state index < -0.39 is 12.0 Å². The van der Waals surface area contributed by atoms with E-state index in [1.54, 1.807) is 19.1 Å². The molecule has 9 heteroatoms. The van der Waals surface area contributed by atoms with Crippen LogP contribution in [-0.4, -0.2) is 37.3 Å². The largest absolute Gasteiger partial charge is 0.481 e. The van der Waals surface area contributed by atoms with Gasteiger partial charge in [0, 0.05) is 11.0 Å². The van der Waals surface area contributed by atoms with Crippen molar-refractivity contribution < 1.29 is 19.8 Å². The zero-order chi connectivity index (χ0) is 16.8. The summed E-state index contributed by atoms with van der Waals surface area (Å²) in [6, 6.07) is 1.34. The van der Waals surface area contributed by atoms with E-state index in [2.05, 4.69) is 20.5 Å². The SMILES string of the molecule is CC(NC(=O)/C=C/c1cc(CO)cs1)c1n[nH]c(CC(=O)O)n1. The molecule has 0 radical (unpaired) electrons. The van der Waals surface area contributed by atoms with Crippen molar-refractivity contribution in [3.05, 3.63) is 39.6 Å². The van der Waals surface area contributed by atoms with Crippen LogP contribution in [0.2, 0.25) is 0 Å². The van der Waals surface area contributed by atoms with Crippen molar-refractivity contribution in [3.8, 4) is 0 Å². The summed E-state index contributed by atoms with van der Waals surface area (Å²) in [5.74, 6) is -0.771. The molecule has 0 aliphatic carbocycles. The van der Waals surface area contributed by atoms with Gasteiger partial charge in [-0.3, -0.25) is 14.7 Å². The lowest BCUT2D eigenvalue weighted by molar-refractivity contribution is -0.136. The summed E-state index contributed by atoms with van der Waals surface area (Å²) in [5, 5.41) is 28.6. The molecule has 4 N–H and O–H groups in total. The number of thiophene rings is 1. The second-order valence-corrected chi connectivity index (χ2v) is 5.73. The Hall–Kier alpha value is -2.52. The Morgan fingerprint density at radius 3 is 2.96 bits per heavy atom. The number of aliphatic hydroxyl groups is 1. The predicted molar refractivity (Wildman–Crippen MR) is 83.6 cm³/mol. The zero-order valence-corrected chi connectivity index (χ0v) is 13.1. The van der Waals surface area contributed by atoms with Gasteiger partial charge in [0.05, 0.1) is 12.6 Å². The molecule has 0 saturated heterocycles. The molecule has 0 spiro atoms. The Labute approximate surface area is 135 Å². The maximum Gasteiger partial charge on any atom is 0.311 e. The number of amides is 1. The fourth-order valence-electron chi connectivity index (χ4n) is 1.77. The summed E-state index contributed by atoms with van der Waals surface area (Å²) < 4.78 is 0. The molecule has 2 rings (SSSR count). The lowest BCUT2D eigenvalue weighted by atomic mass is 10.3. The van der Waals surface area contributed by atoms with Crippen molar-refractivity contribution in [2.24, 2.45) is 0 Å². The van der Waals surface area contributed by atoms with Crippen LogP contribution in [0.4, 0.5) is 0 Å². The van der Waals surface area contributed by atoms with Crippen LogP contribution in [0.25, 0.3) is 6.08 Å². The summed E-state index contributed by atoms with van der Waals surface area (Å²) in [6.07, 6.45) is 2.78. The summed E-state index contributed by atoms with van der Waals surface area (Å²) in [6.45, 7) is 1.67. The molecule has 0 fully saturated rings. The molecule has 0 saturated carbocycles. The number of nitrogens with zero attached hydrogens (tertiary/aromatic N) is 2. The second kappa shape index (κ2) is 7.65. The van der Waals surface area contributed by atoms with Gasteiger partial charge in [0.2, 0.25) is 5.91 Å². The third kappa shape index (κ3) is 5.01. The van der Waals surface area contributed by atoms with Crippen LogP contribution in [0.5, 0.6) is 0 Å². The normalized spacial score (nSPS) is 12.4. The number of carboxylic acids is 1. The molecule has 0 aliphatic rings. The molecule has 2 aromatic heterocycles. The number of carbonyl (C=O) groups is 2. The minimum absolute atomic E-state index is 0.0307. The first-order valence-corrected chi connectivity index (χ1v) is 7.65. The van der Waals surface area contributed by atoms with E-state index in [4.69, 9.17) is 10.2 Å². The number of aliphatic hydroxyl groups excluding tert-OH is 1. The van der Waals surface area contributed by atoms with Crippen molar-refractivity contribution in [1.29, 1.82) is 0 Å². The van der Waals surface area contributed by atoms with Crippen LogP contribution in [0.15, 0.2) is 17.5 Å². The predicted octanol–water partition coefficient (Wildman–Crippen LogP) is 0.876. The highest BCUT2D eigenvalue weighted by molar-refractivity contribution is 7.11. The number of carbonyl (C=O) groups excluding carboxylic acids is 1. The number of aromatic amines is 1. The number of hydrogen-bond acceptors (Lipinski definition) is 6. The van der Waals surface area contributed by atoms with E-state index in [-0.39, 0.29) is 24.8 Å². The molecule has 1 atom stereocenters. The number of aliphatic carboxylic acids is 1. The molecule has 1 unspecified atom stereocenters. The van der Waals surface area contributed by atoms with Gasteiger partial charge in [0.1, 0.15) is 12.2 Å². The fraction of sp³-hybridized carbons (Fsp3) is 0.286. The highest BCUT2D eigenvalue weighted by Crippen LogP contribution is 2.16. The number of nitrogens with one attached hydrogen (secondary N) is 2. The van der Waals surface area contributed by atoms with Gasteiger partial charge >= 0.3 is 5.97 Å². The Kier molecular flexibility index (Phi) is 5.61. The standard InChI is InChI=1S/C14H16N4O4S/c1-8(14-16-11(17-18-14)5-13(21)22)15-12(20)3-2-10-4-9(6-19)7-23-10/h2-4,7-8,19H,5-6H2,1H3,(H,15,20)(H,21,22)(H,16,17,18)/b3-2+. The highest BCUT2D eigenvalue weighted by atomic mass is 32.1. The van der Waals surface area contributed by atoms with Crippen LogP contribution in [0.1, 0.15) is 35.1 Å². The van der Waals surface area contributed by atoms with E-state index >= 15 is 0 Å². The van der Waals surface area contributed by atoms with E-state index in [1.807, 2.05) is 5.38 Å². The van der Waals surface area contributed by atoms with E-state index in [0.29, 0.717) is 5.82 Å². The molecule has 2 heterocycles. The Balaban J connectivity index is 1.91. The molecule has 0 bridgehead atoms.